The van der Waals surface area contributed by atoms with E-state index in [-0.39, 0.29) is 6.54 Å². The van der Waals surface area contributed by atoms with Crippen LogP contribution in [0.25, 0.3) is 0 Å². The second-order valence-electron chi connectivity index (χ2n) is 3.93. The summed E-state index contributed by atoms with van der Waals surface area (Å²) < 4.78 is 5.56. The summed E-state index contributed by atoms with van der Waals surface area (Å²) in [6.45, 7) is 0.0850. The molecular weight excluding hydrogens is 194 g/mol. The smallest absolute Gasteiger partial charge is 0.315 e. The topological polar surface area (TPSA) is 76.5 Å². The fourth-order valence-corrected chi connectivity index (χ4v) is 2.02. The SMILES string of the molecule is NCC(C(=O)O)c1cc2c(o1)CCCC2. The standard InChI is InChI=1S/C11H15NO3/c12-6-8(11(13)14)10-5-7-3-1-2-4-9(7)15-10/h5,8H,1-4,6,12H2,(H,13,14). The molecule has 0 amide bonds. The molecular formula is C11H15NO3. The summed E-state index contributed by atoms with van der Waals surface area (Å²) in [5.41, 5.74) is 6.59. The van der Waals surface area contributed by atoms with Crippen molar-refractivity contribution in [2.75, 3.05) is 6.54 Å². The van der Waals surface area contributed by atoms with Gasteiger partial charge in [-0.1, -0.05) is 0 Å². The highest BCUT2D eigenvalue weighted by Crippen LogP contribution is 2.28. The Morgan fingerprint density at radius 1 is 1.53 bits per heavy atom. The zero-order valence-corrected chi connectivity index (χ0v) is 8.53. The number of furan rings is 1. The van der Waals surface area contributed by atoms with Crippen LogP contribution in [-0.2, 0) is 17.6 Å². The average Bonchev–Trinajstić information content (AvgIpc) is 2.61. The van der Waals surface area contributed by atoms with Crippen LogP contribution < -0.4 is 5.73 Å². The molecule has 1 atom stereocenters. The number of rotatable bonds is 3. The van der Waals surface area contributed by atoms with Gasteiger partial charge in [-0.2, -0.15) is 0 Å². The molecule has 0 aliphatic heterocycles. The van der Waals surface area contributed by atoms with Gasteiger partial charge in [0.1, 0.15) is 17.4 Å². The first kappa shape index (κ1) is 10.2. The first-order valence-corrected chi connectivity index (χ1v) is 5.26. The van der Waals surface area contributed by atoms with Gasteiger partial charge in [-0.25, -0.2) is 0 Å². The summed E-state index contributed by atoms with van der Waals surface area (Å²) in [7, 11) is 0. The van der Waals surface area contributed by atoms with Crippen molar-refractivity contribution in [2.24, 2.45) is 5.73 Å². The van der Waals surface area contributed by atoms with Crippen LogP contribution in [0, 0.1) is 0 Å². The Morgan fingerprint density at radius 2 is 2.27 bits per heavy atom. The molecule has 0 spiro atoms. The molecule has 82 valence electrons. The molecule has 0 aromatic carbocycles. The molecule has 1 aromatic rings. The summed E-state index contributed by atoms with van der Waals surface area (Å²) in [5.74, 6) is -0.146. The number of carboxylic acids is 1. The van der Waals surface area contributed by atoms with Crippen LogP contribution >= 0.6 is 0 Å². The first-order valence-electron chi connectivity index (χ1n) is 5.26. The maximum Gasteiger partial charge on any atom is 0.315 e. The fourth-order valence-electron chi connectivity index (χ4n) is 2.02. The maximum atomic E-state index is 10.9. The van der Waals surface area contributed by atoms with Crippen molar-refractivity contribution >= 4 is 5.97 Å². The van der Waals surface area contributed by atoms with E-state index in [0.717, 1.165) is 37.0 Å². The van der Waals surface area contributed by atoms with Crippen molar-refractivity contribution in [3.8, 4) is 0 Å². The molecule has 2 rings (SSSR count). The lowest BCUT2D eigenvalue weighted by Gasteiger charge is -2.07. The van der Waals surface area contributed by atoms with Gasteiger partial charge in [0, 0.05) is 13.0 Å². The molecule has 1 aliphatic carbocycles. The number of aliphatic carboxylic acids is 1. The van der Waals surface area contributed by atoms with Crippen LogP contribution in [0.4, 0.5) is 0 Å². The Hall–Kier alpha value is -1.29. The third kappa shape index (κ3) is 1.90. The molecule has 0 fully saturated rings. The third-order valence-corrected chi connectivity index (χ3v) is 2.89. The summed E-state index contributed by atoms with van der Waals surface area (Å²) in [4.78, 5) is 10.9. The van der Waals surface area contributed by atoms with E-state index in [9.17, 15) is 4.79 Å². The monoisotopic (exact) mass is 209 g/mol. The largest absolute Gasteiger partial charge is 0.481 e. The number of carbonyl (C=O) groups is 1. The molecule has 3 N–H and O–H groups in total. The predicted molar refractivity (Wildman–Crippen MR) is 54.8 cm³/mol. The number of hydrogen-bond donors (Lipinski definition) is 2. The van der Waals surface area contributed by atoms with Gasteiger partial charge in [0.25, 0.3) is 0 Å². The summed E-state index contributed by atoms with van der Waals surface area (Å²) in [6, 6.07) is 1.86. The van der Waals surface area contributed by atoms with Gasteiger partial charge in [0.15, 0.2) is 0 Å². The second kappa shape index (κ2) is 4.06. The number of nitrogens with two attached hydrogens (primary N) is 1. The van der Waals surface area contributed by atoms with Gasteiger partial charge < -0.3 is 15.3 Å². The van der Waals surface area contributed by atoms with Gasteiger partial charge in [-0.05, 0) is 30.9 Å². The Morgan fingerprint density at radius 3 is 2.87 bits per heavy atom. The van der Waals surface area contributed by atoms with Gasteiger partial charge in [-0.3, -0.25) is 4.79 Å². The number of carboxylic acid groups (broad SMARTS) is 1. The Labute approximate surface area is 88.1 Å². The zero-order valence-electron chi connectivity index (χ0n) is 8.53. The third-order valence-electron chi connectivity index (χ3n) is 2.89. The highest BCUT2D eigenvalue weighted by Gasteiger charge is 2.24. The summed E-state index contributed by atoms with van der Waals surface area (Å²) >= 11 is 0. The lowest BCUT2D eigenvalue weighted by molar-refractivity contribution is -0.138. The molecule has 4 nitrogen and oxygen atoms in total. The van der Waals surface area contributed by atoms with Crippen molar-refractivity contribution in [1.82, 2.24) is 0 Å². The van der Waals surface area contributed by atoms with Gasteiger partial charge in [-0.15, -0.1) is 0 Å². The van der Waals surface area contributed by atoms with Crippen LogP contribution in [-0.4, -0.2) is 17.6 Å². The van der Waals surface area contributed by atoms with E-state index in [1.165, 1.54) is 0 Å². The molecule has 1 heterocycles. The van der Waals surface area contributed by atoms with Crippen LogP contribution in [0.1, 0.15) is 35.8 Å². The zero-order chi connectivity index (χ0) is 10.8. The molecule has 0 saturated heterocycles. The van der Waals surface area contributed by atoms with Gasteiger partial charge >= 0.3 is 5.97 Å². The minimum absolute atomic E-state index is 0.0850. The van der Waals surface area contributed by atoms with Crippen LogP contribution in [0.5, 0.6) is 0 Å². The highest BCUT2D eigenvalue weighted by molar-refractivity contribution is 5.75. The fraction of sp³-hybridized carbons (Fsp3) is 0.545. The van der Waals surface area contributed by atoms with E-state index in [1.807, 2.05) is 6.07 Å². The van der Waals surface area contributed by atoms with Crippen molar-refractivity contribution in [1.29, 1.82) is 0 Å². The molecule has 1 aromatic heterocycles. The van der Waals surface area contributed by atoms with E-state index in [0.29, 0.717) is 5.76 Å². The van der Waals surface area contributed by atoms with Gasteiger partial charge in [0.05, 0.1) is 0 Å². The minimum atomic E-state index is -0.913. The molecule has 4 heteroatoms. The maximum absolute atomic E-state index is 10.9. The number of hydrogen-bond acceptors (Lipinski definition) is 3. The molecule has 0 radical (unpaired) electrons. The van der Waals surface area contributed by atoms with Crippen molar-refractivity contribution in [2.45, 2.75) is 31.6 Å². The van der Waals surface area contributed by atoms with E-state index in [2.05, 4.69) is 0 Å². The van der Waals surface area contributed by atoms with E-state index in [1.54, 1.807) is 0 Å². The molecule has 1 unspecified atom stereocenters. The minimum Gasteiger partial charge on any atom is -0.481 e. The predicted octanol–water partition coefficient (Wildman–Crippen LogP) is 1.29. The van der Waals surface area contributed by atoms with Crippen LogP contribution in [0.2, 0.25) is 0 Å². The van der Waals surface area contributed by atoms with Crippen LogP contribution in [0.15, 0.2) is 10.5 Å². The van der Waals surface area contributed by atoms with E-state index >= 15 is 0 Å². The van der Waals surface area contributed by atoms with Gasteiger partial charge in [0.2, 0.25) is 0 Å². The highest BCUT2D eigenvalue weighted by atomic mass is 16.4. The van der Waals surface area contributed by atoms with E-state index < -0.39 is 11.9 Å². The number of fused-ring (bicyclic) bond motifs is 1. The lowest BCUT2D eigenvalue weighted by atomic mass is 9.98. The quantitative estimate of drug-likeness (QED) is 0.786. The summed E-state index contributed by atoms with van der Waals surface area (Å²) in [6.07, 6.45) is 4.20. The number of aryl methyl sites for hydroxylation is 2. The summed E-state index contributed by atoms with van der Waals surface area (Å²) in [5, 5.41) is 8.95. The normalized spacial score (nSPS) is 17.1. The van der Waals surface area contributed by atoms with Crippen molar-refractivity contribution in [3.63, 3.8) is 0 Å². The van der Waals surface area contributed by atoms with Crippen molar-refractivity contribution in [3.05, 3.63) is 23.2 Å². The lowest BCUT2D eigenvalue weighted by Crippen LogP contribution is -2.20. The van der Waals surface area contributed by atoms with Crippen molar-refractivity contribution < 1.29 is 14.3 Å². The Kier molecular flexibility index (Phi) is 2.77. The first-order chi connectivity index (χ1) is 7.22. The molecule has 15 heavy (non-hydrogen) atoms. The Bertz CT molecular complexity index is 346. The molecule has 0 saturated carbocycles. The Balaban J connectivity index is 2.28. The molecule has 0 bridgehead atoms. The van der Waals surface area contributed by atoms with Crippen LogP contribution in [0.3, 0.4) is 0 Å². The second-order valence-corrected chi connectivity index (χ2v) is 3.93. The average molecular weight is 209 g/mol. The molecule has 1 aliphatic rings. The van der Waals surface area contributed by atoms with E-state index in [4.69, 9.17) is 15.3 Å².